The Morgan fingerprint density at radius 2 is 2.07 bits per heavy atom. The Kier molecular flexibility index (Phi) is 2.89. The van der Waals surface area contributed by atoms with Crippen LogP contribution in [-0.2, 0) is 10.1 Å². The van der Waals surface area contributed by atoms with Crippen molar-refractivity contribution in [2.45, 2.75) is 4.90 Å². The van der Waals surface area contributed by atoms with Crippen LogP contribution in [0.25, 0.3) is 0 Å². The smallest absolute Gasteiger partial charge is 0.296 e. The number of rotatable bonds is 2. The minimum atomic E-state index is -4.35. The molecule has 0 spiro atoms. The molecule has 0 atom stereocenters. The number of benzene rings is 1. The van der Waals surface area contributed by atoms with Crippen molar-refractivity contribution in [3.05, 3.63) is 17.2 Å². The van der Waals surface area contributed by atoms with Gasteiger partial charge in [-0.1, -0.05) is 11.6 Å². The third-order valence-corrected chi connectivity index (χ3v) is 2.88. The highest BCUT2D eigenvalue weighted by Gasteiger charge is 2.17. The topological polar surface area (TPSA) is 89.6 Å². The van der Waals surface area contributed by atoms with Gasteiger partial charge in [-0.3, -0.25) is 4.55 Å². The van der Waals surface area contributed by atoms with Crippen LogP contribution in [0.15, 0.2) is 17.0 Å². The minimum absolute atomic E-state index is 0.141. The summed E-state index contributed by atoms with van der Waals surface area (Å²) in [7, 11) is -3.02. The summed E-state index contributed by atoms with van der Waals surface area (Å²) in [6, 6.07) is 2.26. The zero-order valence-corrected chi connectivity index (χ0v) is 8.76. The molecular weight excluding hydrogens is 230 g/mol. The molecule has 0 aliphatic heterocycles. The Hall–Kier alpha value is -0.980. The second-order valence-corrected chi connectivity index (χ2v) is 4.30. The number of nitrogens with two attached hydrogens (primary N) is 1. The van der Waals surface area contributed by atoms with E-state index in [4.69, 9.17) is 26.6 Å². The Morgan fingerprint density at radius 3 is 2.50 bits per heavy atom. The summed E-state index contributed by atoms with van der Waals surface area (Å²) in [5, 5.41) is -0.147. The van der Waals surface area contributed by atoms with Crippen molar-refractivity contribution in [3.8, 4) is 5.75 Å². The number of halogens is 1. The number of methoxy groups -OCH3 is 1. The molecule has 0 fully saturated rings. The van der Waals surface area contributed by atoms with Crippen molar-refractivity contribution < 1.29 is 17.7 Å². The first-order valence-corrected chi connectivity index (χ1v) is 5.28. The van der Waals surface area contributed by atoms with Gasteiger partial charge in [0.25, 0.3) is 10.1 Å². The molecule has 0 saturated heterocycles. The maximum absolute atomic E-state index is 10.8. The fourth-order valence-corrected chi connectivity index (χ4v) is 1.95. The molecule has 14 heavy (non-hydrogen) atoms. The van der Waals surface area contributed by atoms with Crippen LogP contribution in [0, 0.1) is 0 Å². The lowest BCUT2D eigenvalue weighted by molar-refractivity contribution is 0.415. The van der Waals surface area contributed by atoms with Gasteiger partial charge in [0.1, 0.15) is 10.6 Å². The van der Waals surface area contributed by atoms with Gasteiger partial charge in [-0.2, -0.15) is 8.42 Å². The van der Waals surface area contributed by atoms with Gasteiger partial charge in [-0.15, -0.1) is 0 Å². The number of ether oxygens (including phenoxy) is 1. The van der Waals surface area contributed by atoms with E-state index < -0.39 is 15.0 Å². The highest BCUT2D eigenvalue weighted by molar-refractivity contribution is 7.86. The maximum atomic E-state index is 10.8. The van der Waals surface area contributed by atoms with Crippen molar-refractivity contribution in [1.29, 1.82) is 0 Å². The molecule has 0 heterocycles. The Bertz CT molecular complexity index is 457. The molecule has 1 aromatic rings. The van der Waals surface area contributed by atoms with E-state index in [1.165, 1.54) is 13.2 Å². The van der Waals surface area contributed by atoms with Crippen LogP contribution in [0.3, 0.4) is 0 Å². The molecule has 1 rings (SSSR count). The normalized spacial score (nSPS) is 11.4. The number of hydrogen-bond acceptors (Lipinski definition) is 4. The number of nitrogen functional groups attached to an aromatic ring is 1. The summed E-state index contributed by atoms with van der Waals surface area (Å²) < 4.78 is 35.2. The summed E-state index contributed by atoms with van der Waals surface area (Å²) in [5.74, 6) is 0.141. The quantitative estimate of drug-likeness (QED) is 0.595. The first kappa shape index (κ1) is 11.1. The van der Waals surface area contributed by atoms with Crippen molar-refractivity contribution >= 4 is 27.4 Å². The van der Waals surface area contributed by atoms with Crippen LogP contribution in [-0.4, -0.2) is 20.1 Å². The van der Waals surface area contributed by atoms with E-state index in [1.807, 2.05) is 0 Å². The monoisotopic (exact) mass is 237 g/mol. The summed E-state index contributed by atoms with van der Waals surface area (Å²) in [5.41, 5.74) is 5.66. The average molecular weight is 238 g/mol. The fraction of sp³-hybridized carbons (Fsp3) is 0.143. The van der Waals surface area contributed by atoms with Crippen LogP contribution in [0.2, 0.25) is 5.02 Å². The number of anilines is 1. The molecule has 78 valence electrons. The van der Waals surface area contributed by atoms with Gasteiger partial charge in [0.05, 0.1) is 17.8 Å². The van der Waals surface area contributed by atoms with Crippen LogP contribution < -0.4 is 10.5 Å². The van der Waals surface area contributed by atoms with Gasteiger partial charge in [0, 0.05) is 6.07 Å². The molecule has 1 aromatic carbocycles. The lowest BCUT2D eigenvalue weighted by Gasteiger charge is -2.07. The second kappa shape index (κ2) is 3.64. The predicted molar refractivity (Wildman–Crippen MR) is 52.2 cm³/mol. The third-order valence-electron chi connectivity index (χ3n) is 1.56. The van der Waals surface area contributed by atoms with Crippen LogP contribution in [0.4, 0.5) is 5.69 Å². The summed E-state index contributed by atoms with van der Waals surface area (Å²) in [6.07, 6.45) is 0. The van der Waals surface area contributed by atoms with E-state index in [9.17, 15) is 8.42 Å². The molecule has 5 nitrogen and oxygen atoms in total. The first-order valence-electron chi connectivity index (χ1n) is 3.46. The van der Waals surface area contributed by atoms with Crippen LogP contribution in [0.1, 0.15) is 0 Å². The van der Waals surface area contributed by atoms with Crippen molar-refractivity contribution in [2.24, 2.45) is 0 Å². The van der Waals surface area contributed by atoms with Gasteiger partial charge in [-0.25, -0.2) is 0 Å². The first-order chi connectivity index (χ1) is 6.36. The standard InChI is InChI=1S/C7H8ClNO4S/c1-13-6-3-7(14(10,11)12)4(8)2-5(6)9/h2-3H,9H2,1H3,(H,10,11,12). The largest absolute Gasteiger partial charge is 0.495 e. The summed E-state index contributed by atoms with van der Waals surface area (Å²) in [6.45, 7) is 0. The van der Waals surface area contributed by atoms with Crippen molar-refractivity contribution in [1.82, 2.24) is 0 Å². The maximum Gasteiger partial charge on any atom is 0.296 e. The molecular formula is C7H8ClNO4S. The van der Waals surface area contributed by atoms with E-state index in [-0.39, 0.29) is 16.5 Å². The molecule has 0 aromatic heterocycles. The van der Waals surface area contributed by atoms with E-state index >= 15 is 0 Å². The molecule has 0 radical (unpaired) electrons. The molecule has 3 N–H and O–H groups in total. The lowest BCUT2D eigenvalue weighted by Crippen LogP contribution is -2.01. The second-order valence-electron chi connectivity index (χ2n) is 2.50. The molecule has 0 bridgehead atoms. The highest BCUT2D eigenvalue weighted by atomic mass is 35.5. The Morgan fingerprint density at radius 1 is 1.50 bits per heavy atom. The predicted octanol–water partition coefficient (Wildman–Crippen LogP) is 1.18. The average Bonchev–Trinajstić information content (AvgIpc) is 2.02. The third kappa shape index (κ3) is 2.09. The Labute approximate surface area is 86.2 Å². The van der Waals surface area contributed by atoms with Crippen molar-refractivity contribution in [2.75, 3.05) is 12.8 Å². The minimum Gasteiger partial charge on any atom is -0.495 e. The number of hydrogen-bond donors (Lipinski definition) is 2. The van der Waals surface area contributed by atoms with Gasteiger partial charge < -0.3 is 10.5 Å². The zero-order valence-electron chi connectivity index (χ0n) is 7.19. The SMILES string of the molecule is COc1cc(S(=O)(=O)O)c(Cl)cc1N. The van der Waals surface area contributed by atoms with Crippen molar-refractivity contribution in [3.63, 3.8) is 0 Å². The van der Waals surface area contributed by atoms with E-state index in [0.29, 0.717) is 0 Å². The van der Waals surface area contributed by atoms with E-state index in [2.05, 4.69) is 0 Å². The van der Waals surface area contributed by atoms with Gasteiger partial charge in [-0.05, 0) is 6.07 Å². The van der Waals surface area contributed by atoms with Gasteiger partial charge >= 0.3 is 0 Å². The fourth-order valence-electron chi connectivity index (χ4n) is 0.925. The molecule has 0 amide bonds. The molecule has 0 aliphatic rings. The summed E-state index contributed by atoms with van der Waals surface area (Å²) >= 11 is 5.57. The van der Waals surface area contributed by atoms with Crippen LogP contribution in [0.5, 0.6) is 5.75 Å². The van der Waals surface area contributed by atoms with E-state index in [1.54, 1.807) is 0 Å². The summed E-state index contributed by atoms with van der Waals surface area (Å²) in [4.78, 5) is -0.426. The highest BCUT2D eigenvalue weighted by Crippen LogP contribution is 2.31. The molecule has 7 heteroatoms. The molecule has 0 saturated carbocycles. The van der Waals surface area contributed by atoms with Gasteiger partial charge in [0.2, 0.25) is 0 Å². The van der Waals surface area contributed by atoms with E-state index in [0.717, 1.165) is 6.07 Å². The zero-order chi connectivity index (χ0) is 10.9. The van der Waals surface area contributed by atoms with Gasteiger partial charge in [0.15, 0.2) is 0 Å². The molecule has 0 aliphatic carbocycles. The lowest BCUT2D eigenvalue weighted by atomic mass is 10.3. The Balaban J connectivity index is 3.47. The molecule has 0 unspecified atom stereocenters. The van der Waals surface area contributed by atoms with Crippen LogP contribution >= 0.6 is 11.6 Å².